The SMILES string of the molecule is CCN1Cc2cn[nH]c2-c2ccc(-c3ccc4[nH]ncc4c3)cc21. The van der Waals surface area contributed by atoms with E-state index in [9.17, 15) is 0 Å². The van der Waals surface area contributed by atoms with Crippen molar-refractivity contribution in [2.75, 3.05) is 11.4 Å². The maximum absolute atomic E-state index is 4.22. The molecule has 1 aliphatic rings. The van der Waals surface area contributed by atoms with Gasteiger partial charge < -0.3 is 4.90 Å². The minimum atomic E-state index is 0.902. The van der Waals surface area contributed by atoms with Crippen LogP contribution < -0.4 is 4.90 Å². The number of benzene rings is 2. The highest BCUT2D eigenvalue weighted by Crippen LogP contribution is 2.40. The van der Waals surface area contributed by atoms with Crippen molar-refractivity contribution in [3.05, 3.63) is 54.4 Å². The first-order chi connectivity index (χ1) is 11.8. The number of H-pyrrole nitrogens is 2. The van der Waals surface area contributed by atoms with Crippen molar-refractivity contribution in [1.82, 2.24) is 20.4 Å². The Balaban J connectivity index is 1.67. The third-order valence-corrected chi connectivity index (χ3v) is 4.84. The van der Waals surface area contributed by atoms with Crippen molar-refractivity contribution in [2.45, 2.75) is 13.5 Å². The molecule has 2 aromatic carbocycles. The molecule has 5 heteroatoms. The lowest BCUT2D eigenvalue weighted by Crippen LogP contribution is -2.25. The van der Waals surface area contributed by atoms with Crippen molar-refractivity contribution < 1.29 is 0 Å². The molecule has 118 valence electrons. The summed E-state index contributed by atoms with van der Waals surface area (Å²) in [6, 6.07) is 13.1. The topological polar surface area (TPSA) is 60.6 Å². The molecule has 5 nitrogen and oxygen atoms in total. The molecular formula is C19H17N5. The van der Waals surface area contributed by atoms with Crippen LogP contribution in [0.4, 0.5) is 5.69 Å². The molecule has 0 fully saturated rings. The summed E-state index contributed by atoms with van der Waals surface area (Å²) < 4.78 is 0. The molecule has 24 heavy (non-hydrogen) atoms. The molecule has 4 aromatic rings. The van der Waals surface area contributed by atoms with E-state index in [0.29, 0.717) is 0 Å². The zero-order chi connectivity index (χ0) is 16.1. The summed E-state index contributed by atoms with van der Waals surface area (Å²) in [5.41, 5.74) is 8.39. The number of rotatable bonds is 2. The van der Waals surface area contributed by atoms with Gasteiger partial charge in [0.15, 0.2) is 0 Å². The fourth-order valence-electron chi connectivity index (χ4n) is 3.54. The van der Waals surface area contributed by atoms with E-state index in [0.717, 1.165) is 29.7 Å². The molecule has 5 rings (SSSR count). The second-order valence-electron chi connectivity index (χ2n) is 6.19. The first kappa shape index (κ1) is 13.4. The van der Waals surface area contributed by atoms with Gasteiger partial charge >= 0.3 is 0 Å². The van der Waals surface area contributed by atoms with Crippen molar-refractivity contribution in [2.24, 2.45) is 0 Å². The molecule has 0 aliphatic carbocycles. The maximum atomic E-state index is 4.22. The van der Waals surface area contributed by atoms with Crippen LogP contribution in [0.1, 0.15) is 12.5 Å². The highest BCUT2D eigenvalue weighted by Gasteiger charge is 2.23. The van der Waals surface area contributed by atoms with E-state index >= 15 is 0 Å². The highest BCUT2D eigenvalue weighted by molar-refractivity contribution is 5.88. The molecule has 0 saturated heterocycles. The average molecular weight is 315 g/mol. The standard InChI is InChI=1S/C19H17N5/c1-2-24-11-15-10-21-23-19(15)16-5-3-13(8-18(16)24)12-4-6-17-14(7-12)9-20-22-17/h3-10H,2,11H2,1H3,(H,20,22)(H,21,23). The Kier molecular flexibility index (Phi) is 2.76. The van der Waals surface area contributed by atoms with Gasteiger partial charge in [-0.1, -0.05) is 18.2 Å². The number of nitrogens with zero attached hydrogens (tertiary/aromatic N) is 3. The van der Waals surface area contributed by atoms with Crippen LogP contribution in [-0.2, 0) is 6.54 Å². The van der Waals surface area contributed by atoms with E-state index < -0.39 is 0 Å². The summed E-state index contributed by atoms with van der Waals surface area (Å²) >= 11 is 0. The van der Waals surface area contributed by atoms with Crippen LogP contribution in [0, 0.1) is 0 Å². The van der Waals surface area contributed by atoms with Crippen molar-refractivity contribution in [3.63, 3.8) is 0 Å². The van der Waals surface area contributed by atoms with Crippen molar-refractivity contribution in [3.8, 4) is 22.4 Å². The molecular weight excluding hydrogens is 298 g/mol. The molecule has 0 spiro atoms. The third-order valence-electron chi connectivity index (χ3n) is 4.84. The van der Waals surface area contributed by atoms with Crippen molar-refractivity contribution >= 4 is 16.6 Å². The summed E-state index contributed by atoms with van der Waals surface area (Å²) in [4.78, 5) is 2.40. The van der Waals surface area contributed by atoms with Gasteiger partial charge in [-0.15, -0.1) is 0 Å². The molecule has 3 heterocycles. The van der Waals surface area contributed by atoms with Crippen LogP contribution in [0.15, 0.2) is 48.8 Å². The third kappa shape index (κ3) is 1.88. The molecule has 0 radical (unpaired) electrons. The largest absolute Gasteiger partial charge is 0.367 e. The maximum Gasteiger partial charge on any atom is 0.0720 e. The van der Waals surface area contributed by atoms with Gasteiger partial charge in [-0.05, 0) is 36.2 Å². The Morgan fingerprint density at radius 3 is 2.75 bits per heavy atom. The van der Waals surface area contributed by atoms with E-state index in [1.807, 2.05) is 12.4 Å². The second-order valence-corrected chi connectivity index (χ2v) is 6.19. The van der Waals surface area contributed by atoms with Gasteiger partial charge in [0.25, 0.3) is 0 Å². The van der Waals surface area contributed by atoms with Crippen molar-refractivity contribution in [1.29, 1.82) is 0 Å². The monoisotopic (exact) mass is 315 g/mol. The lowest BCUT2D eigenvalue weighted by Gasteiger charge is -2.30. The number of anilines is 1. The average Bonchev–Trinajstić information content (AvgIpc) is 3.28. The van der Waals surface area contributed by atoms with Gasteiger partial charge in [0.05, 0.1) is 23.6 Å². The minimum Gasteiger partial charge on any atom is -0.367 e. The first-order valence-electron chi connectivity index (χ1n) is 8.18. The molecule has 2 aromatic heterocycles. The number of hydrogen-bond acceptors (Lipinski definition) is 3. The normalized spacial score (nSPS) is 13.1. The van der Waals surface area contributed by atoms with Crippen LogP contribution >= 0.6 is 0 Å². The molecule has 0 saturated carbocycles. The van der Waals surface area contributed by atoms with Gasteiger partial charge in [0.1, 0.15) is 0 Å². The summed E-state index contributed by atoms with van der Waals surface area (Å²) in [7, 11) is 0. The van der Waals surface area contributed by atoms with Crippen LogP contribution in [0.2, 0.25) is 0 Å². The van der Waals surface area contributed by atoms with Gasteiger partial charge in [-0.25, -0.2) is 0 Å². The predicted molar refractivity (Wildman–Crippen MR) is 95.8 cm³/mol. The van der Waals surface area contributed by atoms with Gasteiger partial charge in [-0.2, -0.15) is 10.2 Å². The van der Waals surface area contributed by atoms with Gasteiger partial charge in [0.2, 0.25) is 0 Å². The Morgan fingerprint density at radius 2 is 1.83 bits per heavy atom. The molecule has 0 atom stereocenters. The van der Waals surface area contributed by atoms with E-state index in [2.05, 4.69) is 68.6 Å². The number of nitrogens with one attached hydrogen (secondary N) is 2. The van der Waals surface area contributed by atoms with E-state index in [4.69, 9.17) is 0 Å². The van der Waals surface area contributed by atoms with E-state index in [1.165, 1.54) is 27.9 Å². The number of hydrogen-bond donors (Lipinski definition) is 2. The predicted octanol–water partition coefficient (Wildman–Crippen LogP) is 3.96. The lowest BCUT2D eigenvalue weighted by molar-refractivity contribution is 0.824. The van der Waals surface area contributed by atoms with Crippen LogP contribution in [0.3, 0.4) is 0 Å². The summed E-state index contributed by atoms with van der Waals surface area (Å²) in [5, 5.41) is 15.6. The zero-order valence-corrected chi connectivity index (χ0v) is 13.4. The smallest absolute Gasteiger partial charge is 0.0720 e. The van der Waals surface area contributed by atoms with Gasteiger partial charge in [0, 0.05) is 35.3 Å². The Morgan fingerprint density at radius 1 is 1.00 bits per heavy atom. The quantitative estimate of drug-likeness (QED) is 0.588. The number of fused-ring (bicyclic) bond motifs is 4. The highest BCUT2D eigenvalue weighted by atomic mass is 15.2. The second kappa shape index (κ2) is 4.96. The molecule has 0 bridgehead atoms. The van der Waals surface area contributed by atoms with E-state index in [1.54, 1.807) is 0 Å². The Labute approximate surface area is 139 Å². The fraction of sp³-hybridized carbons (Fsp3) is 0.158. The number of aromatic amines is 2. The summed E-state index contributed by atoms with van der Waals surface area (Å²) in [6.45, 7) is 4.07. The fourth-order valence-corrected chi connectivity index (χ4v) is 3.54. The lowest BCUT2D eigenvalue weighted by atomic mass is 9.95. The van der Waals surface area contributed by atoms with E-state index in [-0.39, 0.29) is 0 Å². The van der Waals surface area contributed by atoms with Crippen LogP contribution in [0.25, 0.3) is 33.3 Å². The molecule has 0 amide bonds. The Bertz CT molecular complexity index is 1040. The van der Waals surface area contributed by atoms with Crippen LogP contribution in [0.5, 0.6) is 0 Å². The number of aromatic nitrogens is 4. The minimum absolute atomic E-state index is 0.902. The molecule has 1 aliphatic heterocycles. The van der Waals surface area contributed by atoms with Crippen LogP contribution in [-0.4, -0.2) is 26.9 Å². The zero-order valence-electron chi connectivity index (χ0n) is 13.4. The van der Waals surface area contributed by atoms with Gasteiger partial charge in [-0.3, -0.25) is 10.2 Å². The summed E-state index contributed by atoms with van der Waals surface area (Å²) in [6.07, 6.45) is 3.80. The summed E-state index contributed by atoms with van der Waals surface area (Å²) in [5.74, 6) is 0. The Hall–Kier alpha value is -3.08. The molecule has 2 N–H and O–H groups in total. The first-order valence-corrected chi connectivity index (χ1v) is 8.18. The molecule has 0 unspecified atom stereocenters.